The molecule has 24 heavy (non-hydrogen) atoms. The number of methoxy groups -OCH3 is 2. The van der Waals surface area contributed by atoms with Gasteiger partial charge in [-0.3, -0.25) is 9.59 Å². The molecule has 0 aliphatic rings. The maximum Gasteiger partial charge on any atom is 0.306 e. The van der Waals surface area contributed by atoms with Crippen LogP contribution in [0.1, 0.15) is 51.2 Å². The predicted molar refractivity (Wildman–Crippen MR) is 91.2 cm³/mol. The zero-order valence-electron chi connectivity index (χ0n) is 14.9. The molecule has 6 nitrogen and oxygen atoms in total. The predicted octanol–water partition coefficient (Wildman–Crippen LogP) is 3.00. The maximum atomic E-state index is 11.9. The van der Waals surface area contributed by atoms with Crippen molar-refractivity contribution >= 4 is 11.9 Å². The van der Waals surface area contributed by atoms with Gasteiger partial charge in [0, 0.05) is 12.8 Å². The van der Waals surface area contributed by atoms with Crippen LogP contribution >= 0.6 is 0 Å². The second kappa shape index (κ2) is 10.5. The Morgan fingerprint density at radius 2 is 1.71 bits per heavy atom. The molecule has 0 saturated heterocycles. The van der Waals surface area contributed by atoms with Gasteiger partial charge in [-0.2, -0.15) is 0 Å². The van der Waals surface area contributed by atoms with Gasteiger partial charge in [-0.15, -0.1) is 0 Å². The number of hydrogen-bond donors (Lipinski definition) is 1. The molecule has 0 spiro atoms. The van der Waals surface area contributed by atoms with Crippen molar-refractivity contribution in [3.8, 4) is 11.5 Å². The van der Waals surface area contributed by atoms with Crippen molar-refractivity contribution in [2.45, 2.75) is 45.6 Å². The smallest absolute Gasteiger partial charge is 0.306 e. The molecule has 1 amide bonds. The Hall–Kier alpha value is -2.24. The molecule has 1 atom stereocenters. The van der Waals surface area contributed by atoms with E-state index >= 15 is 0 Å². The van der Waals surface area contributed by atoms with Crippen LogP contribution in [-0.2, 0) is 14.3 Å². The summed E-state index contributed by atoms with van der Waals surface area (Å²) in [6.45, 7) is 4.08. The van der Waals surface area contributed by atoms with Gasteiger partial charge in [0.05, 0.1) is 20.8 Å². The van der Waals surface area contributed by atoms with E-state index in [1.54, 1.807) is 32.4 Å². The number of amides is 1. The molecule has 1 N–H and O–H groups in total. The Labute approximate surface area is 143 Å². The number of rotatable bonds is 10. The molecule has 0 aromatic heterocycles. The SMILES string of the molecule is CCCC(=O)NCC(OC(=O)CCC)c1ccc(OC)c(OC)c1. The summed E-state index contributed by atoms with van der Waals surface area (Å²) in [6.07, 6.45) is 1.70. The average Bonchev–Trinajstić information content (AvgIpc) is 2.58. The Morgan fingerprint density at radius 3 is 2.29 bits per heavy atom. The van der Waals surface area contributed by atoms with E-state index in [-0.39, 0.29) is 18.4 Å². The van der Waals surface area contributed by atoms with Crippen LogP contribution in [0.15, 0.2) is 18.2 Å². The van der Waals surface area contributed by atoms with Crippen molar-refractivity contribution in [1.29, 1.82) is 0 Å². The van der Waals surface area contributed by atoms with Gasteiger partial charge >= 0.3 is 5.97 Å². The highest BCUT2D eigenvalue weighted by molar-refractivity contribution is 5.76. The summed E-state index contributed by atoms with van der Waals surface area (Å²) in [5, 5.41) is 2.81. The molecule has 134 valence electrons. The maximum absolute atomic E-state index is 11.9. The lowest BCUT2D eigenvalue weighted by atomic mass is 10.1. The molecule has 1 rings (SSSR count). The monoisotopic (exact) mass is 337 g/mol. The summed E-state index contributed by atoms with van der Waals surface area (Å²) < 4.78 is 16.0. The minimum Gasteiger partial charge on any atom is -0.493 e. The number of ether oxygens (including phenoxy) is 3. The van der Waals surface area contributed by atoms with Crippen LogP contribution in [0, 0.1) is 0 Å². The van der Waals surface area contributed by atoms with Gasteiger partial charge < -0.3 is 19.5 Å². The highest BCUT2D eigenvalue weighted by Gasteiger charge is 2.19. The Balaban J connectivity index is 2.94. The summed E-state index contributed by atoms with van der Waals surface area (Å²) in [5.41, 5.74) is 0.744. The molecule has 0 heterocycles. The molecule has 1 aromatic rings. The van der Waals surface area contributed by atoms with E-state index in [4.69, 9.17) is 14.2 Å². The number of nitrogens with one attached hydrogen (secondary N) is 1. The molecule has 0 aliphatic heterocycles. The van der Waals surface area contributed by atoms with E-state index < -0.39 is 6.10 Å². The van der Waals surface area contributed by atoms with Crippen molar-refractivity contribution in [1.82, 2.24) is 5.32 Å². The van der Waals surface area contributed by atoms with Crippen LogP contribution in [0.4, 0.5) is 0 Å². The molecule has 1 unspecified atom stereocenters. The van der Waals surface area contributed by atoms with Gasteiger partial charge in [-0.25, -0.2) is 0 Å². The third-order valence-electron chi connectivity index (χ3n) is 3.47. The van der Waals surface area contributed by atoms with E-state index in [0.29, 0.717) is 30.8 Å². The minimum absolute atomic E-state index is 0.0606. The Morgan fingerprint density at radius 1 is 1.04 bits per heavy atom. The van der Waals surface area contributed by atoms with Crippen LogP contribution in [0.25, 0.3) is 0 Å². The largest absolute Gasteiger partial charge is 0.493 e. The Kier molecular flexibility index (Phi) is 8.68. The number of esters is 1. The van der Waals surface area contributed by atoms with Crippen molar-refractivity contribution < 1.29 is 23.8 Å². The first kappa shape index (κ1) is 19.8. The average molecular weight is 337 g/mol. The lowest BCUT2D eigenvalue weighted by Crippen LogP contribution is -2.30. The second-order valence-corrected chi connectivity index (χ2v) is 5.40. The highest BCUT2D eigenvalue weighted by atomic mass is 16.5. The Bertz CT molecular complexity index is 544. The fourth-order valence-corrected chi connectivity index (χ4v) is 2.22. The number of benzene rings is 1. The van der Waals surface area contributed by atoms with Crippen LogP contribution < -0.4 is 14.8 Å². The topological polar surface area (TPSA) is 73.9 Å². The van der Waals surface area contributed by atoms with Gasteiger partial charge in [0.1, 0.15) is 6.10 Å². The molecule has 0 bridgehead atoms. The molecule has 1 aromatic carbocycles. The highest BCUT2D eigenvalue weighted by Crippen LogP contribution is 2.31. The van der Waals surface area contributed by atoms with Crippen molar-refractivity contribution in [3.63, 3.8) is 0 Å². The molecular weight excluding hydrogens is 310 g/mol. The third kappa shape index (κ3) is 6.10. The first-order valence-corrected chi connectivity index (χ1v) is 8.23. The molecule has 0 aliphatic carbocycles. The van der Waals surface area contributed by atoms with Crippen LogP contribution in [-0.4, -0.2) is 32.6 Å². The van der Waals surface area contributed by atoms with E-state index in [1.807, 2.05) is 13.8 Å². The summed E-state index contributed by atoms with van der Waals surface area (Å²) in [4.78, 5) is 23.6. The van der Waals surface area contributed by atoms with Gasteiger partial charge in [-0.1, -0.05) is 19.9 Å². The van der Waals surface area contributed by atoms with Gasteiger partial charge in [0.25, 0.3) is 0 Å². The summed E-state index contributed by atoms with van der Waals surface area (Å²) in [5.74, 6) is 0.790. The lowest BCUT2D eigenvalue weighted by molar-refractivity contribution is -0.150. The van der Waals surface area contributed by atoms with Crippen LogP contribution in [0.2, 0.25) is 0 Å². The van der Waals surface area contributed by atoms with Gasteiger partial charge in [-0.05, 0) is 30.5 Å². The van der Waals surface area contributed by atoms with Crippen molar-refractivity contribution in [2.24, 2.45) is 0 Å². The van der Waals surface area contributed by atoms with E-state index in [9.17, 15) is 9.59 Å². The van der Waals surface area contributed by atoms with Gasteiger partial charge in [0.15, 0.2) is 11.5 Å². The first-order valence-electron chi connectivity index (χ1n) is 8.23. The van der Waals surface area contributed by atoms with E-state index in [0.717, 1.165) is 12.0 Å². The van der Waals surface area contributed by atoms with Crippen LogP contribution in [0.5, 0.6) is 11.5 Å². The zero-order chi connectivity index (χ0) is 17.9. The normalized spacial score (nSPS) is 11.5. The van der Waals surface area contributed by atoms with Crippen molar-refractivity contribution in [2.75, 3.05) is 20.8 Å². The quantitative estimate of drug-likeness (QED) is 0.664. The van der Waals surface area contributed by atoms with Crippen molar-refractivity contribution in [3.05, 3.63) is 23.8 Å². The lowest BCUT2D eigenvalue weighted by Gasteiger charge is -2.20. The first-order chi connectivity index (χ1) is 11.5. The van der Waals surface area contributed by atoms with E-state index in [2.05, 4.69) is 5.32 Å². The minimum atomic E-state index is -0.565. The molecule has 0 fully saturated rings. The number of carbonyl (C=O) groups is 2. The zero-order valence-corrected chi connectivity index (χ0v) is 14.9. The number of carbonyl (C=O) groups excluding carboxylic acids is 2. The summed E-state index contributed by atoms with van der Waals surface area (Å²) in [7, 11) is 3.10. The summed E-state index contributed by atoms with van der Waals surface area (Å²) in [6, 6.07) is 5.31. The molecule has 6 heteroatoms. The van der Waals surface area contributed by atoms with E-state index in [1.165, 1.54) is 0 Å². The molecular formula is C18H27NO5. The number of hydrogen-bond acceptors (Lipinski definition) is 5. The summed E-state index contributed by atoms with van der Waals surface area (Å²) >= 11 is 0. The second-order valence-electron chi connectivity index (χ2n) is 5.40. The van der Waals surface area contributed by atoms with Crippen LogP contribution in [0.3, 0.4) is 0 Å². The molecule has 0 saturated carbocycles. The molecule has 0 radical (unpaired) electrons. The fraction of sp³-hybridized carbons (Fsp3) is 0.556. The fourth-order valence-electron chi connectivity index (χ4n) is 2.22. The van der Waals surface area contributed by atoms with Gasteiger partial charge in [0.2, 0.25) is 5.91 Å². The standard InChI is InChI=1S/C18H27NO5/c1-5-7-17(20)19-12-16(24-18(21)8-6-2)13-9-10-14(22-3)15(11-13)23-4/h9-11,16H,5-8,12H2,1-4H3,(H,19,20). The third-order valence-corrected chi connectivity index (χ3v) is 3.47.